The molecule has 2 rings (SSSR count). The van der Waals surface area contributed by atoms with Gasteiger partial charge in [0.15, 0.2) is 6.10 Å². The quantitative estimate of drug-likeness (QED) is 0.549. The molecule has 0 fully saturated rings. The number of rotatable bonds is 6. The lowest BCUT2D eigenvalue weighted by Gasteiger charge is -2.13. The average Bonchev–Trinajstić information content (AvgIpc) is 2.63. The van der Waals surface area contributed by atoms with Gasteiger partial charge in [-0.05, 0) is 62.2 Å². The molecule has 0 N–H and O–H groups in total. The van der Waals surface area contributed by atoms with Gasteiger partial charge in [0.1, 0.15) is 0 Å². The maximum atomic E-state index is 12.5. The fourth-order valence-electron chi connectivity index (χ4n) is 2.30. The highest BCUT2D eigenvalue weighted by molar-refractivity contribution is 7.91. The van der Waals surface area contributed by atoms with E-state index in [9.17, 15) is 26.8 Å². The number of ether oxygens (including phenoxy) is 1. The predicted molar refractivity (Wildman–Crippen MR) is 94.8 cm³/mol. The summed E-state index contributed by atoms with van der Waals surface area (Å²) < 4.78 is 52.9. The minimum Gasteiger partial charge on any atom is -0.451 e. The van der Waals surface area contributed by atoms with Gasteiger partial charge >= 0.3 is 11.7 Å². The predicted octanol–water partition coefficient (Wildman–Crippen LogP) is 3.73. The monoisotopic (exact) mass is 396 g/mol. The minimum atomic E-state index is -4.74. The summed E-state index contributed by atoms with van der Waals surface area (Å²) in [4.78, 5) is 23.9. The van der Waals surface area contributed by atoms with Gasteiger partial charge < -0.3 is 4.74 Å². The summed E-state index contributed by atoms with van der Waals surface area (Å²) in [7, 11) is -4.74. The van der Waals surface area contributed by atoms with Crippen molar-refractivity contribution in [1.29, 1.82) is 0 Å². The van der Waals surface area contributed by atoms with E-state index >= 15 is 0 Å². The van der Waals surface area contributed by atoms with E-state index in [1.807, 2.05) is 13.8 Å². The van der Waals surface area contributed by atoms with Gasteiger partial charge in [0, 0.05) is 5.56 Å². The third-order valence-corrected chi connectivity index (χ3v) is 5.50. The highest BCUT2D eigenvalue weighted by Gasteiger charge is 2.27. The van der Waals surface area contributed by atoms with Crippen LogP contribution in [-0.4, -0.2) is 32.0 Å². The molecule has 0 bridgehead atoms. The summed E-state index contributed by atoms with van der Waals surface area (Å²) in [5.41, 5.74) is 2.30. The van der Waals surface area contributed by atoms with Crippen molar-refractivity contribution in [3.8, 4) is 0 Å². The van der Waals surface area contributed by atoms with Crippen LogP contribution >= 0.6 is 0 Å². The summed E-state index contributed by atoms with van der Waals surface area (Å²) in [5.74, 6) is -4.80. The smallest absolute Gasteiger partial charge is 0.341 e. The number of hydrogen-bond donors (Lipinski definition) is 0. The SMILES string of the molecule is Cc1ccc(C(=O)[C@H](C)OC(=O)c2ccc(S(=O)(=O)C(F)F)cc2)cc1C. The van der Waals surface area contributed by atoms with Crippen molar-refractivity contribution in [3.63, 3.8) is 0 Å². The maximum absolute atomic E-state index is 12.5. The summed E-state index contributed by atoms with van der Waals surface area (Å²) in [6, 6.07) is 9.04. The van der Waals surface area contributed by atoms with Crippen LogP contribution in [0.2, 0.25) is 0 Å². The van der Waals surface area contributed by atoms with Crippen LogP contribution in [0.25, 0.3) is 0 Å². The van der Waals surface area contributed by atoms with Crippen molar-refractivity contribution in [2.75, 3.05) is 0 Å². The fraction of sp³-hybridized carbons (Fsp3) is 0.263. The number of hydrogen-bond acceptors (Lipinski definition) is 5. The number of carbonyl (C=O) groups is 2. The van der Waals surface area contributed by atoms with Crippen LogP contribution in [0.5, 0.6) is 0 Å². The van der Waals surface area contributed by atoms with E-state index in [2.05, 4.69) is 0 Å². The fourth-order valence-corrected chi connectivity index (χ4v) is 3.02. The third-order valence-electron chi connectivity index (χ3n) is 4.10. The Morgan fingerprint density at radius 1 is 0.926 bits per heavy atom. The van der Waals surface area contributed by atoms with Crippen molar-refractivity contribution < 1.29 is 31.5 Å². The van der Waals surface area contributed by atoms with Crippen LogP contribution in [0.1, 0.15) is 38.8 Å². The van der Waals surface area contributed by atoms with E-state index in [1.54, 1.807) is 18.2 Å². The molecular weight excluding hydrogens is 378 g/mol. The van der Waals surface area contributed by atoms with E-state index in [0.717, 1.165) is 35.4 Å². The molecule has 0 amide bonds. The summed E-state index contributed by atoms with van der Waals surface area (Å²) in [5, 5.41) is 0. The average molecular weight is 396 g/mol. The molecule has 2 aromatic carbocycles. The number of alkyl halides is 2. The number of benzene rings is 2. The van der Waals surface area contributed by atoms with Gasteiger partial charge in [-0.3, -0.25) is 4.79 Å². The molecule has 8 heteroatoms. The Hall–Kier alpha value is -2.61. The molecule has 0 heterocycles. The van der Waals surface area contributed by atoms with E-state index in [1.165, 1.54) is 6.92 Å². The Morgan fingerprint density at radius 3 is 2.00 bits per heavy atom. The second-order valence-electron chi connectivity index (χ2n) is 6.04. The molecule has 5 nitrogen and oxygen atoms in total. The summed E-state index contributed by atoms with van der Waals surface area (Å²) in [6.45, 7) is 5.19. The first-order valence-electron chi connectivity index (χ1n) is 7.98. The van der Waals surface area contributed by atoms with Gasteiger partial charge in [-0.2, -0.15) is 8.78 Å². The molecule has 0 saturated carbocycles. The zero-order valence-corrected chi connectivity index (χ0v) is 15.7. The highest BCUT2D eigenvalue weighted by atomic mass is 32.2. The maximum Gasteiger partial charge on any atom is 0.341 e. The number of carbonyl (C=O) groups excluding carboxylic acids is 2. The molecule has 1 atom stereocenters. The number of Topliss-reactive ketones (excluding diaryl/α,β-unsaturated/α-hetero) is 1. The van der Waals surface area contributed by atoms with Gasteiger partial charge in [-0.1, -0.05) is 12.1 Å². The van der Waals surface area contributed by atoms with Crippen LogP contribution in [0.15, 0.2) is 47.4 Å². The first-order chi connectivity index (χ1) is 12.5. The molecule has 0 aliphatic heterocycles. The van der Waals surface area contributed by atoms with Crippen LogP contribution in [0.4, 0.5) is 8.78 Å². The Balaban J connectivity index is 2.12. The Kier molecular flexibility index (Phi) is 6.10. The van der Waals surface area contributed by atoms with Crippen LogP contribution in [0, 0.1) is 13.8 Å². The first kappa shape index (κ1) is 20.7. The van der Waals surface area contributed by atoms with E-state index in [4.69, 9.17) is 4.74 Å². The molecular formula is C19H18F2O5S. The van der Waals surface area contributed by atoms with E-state index in [-0.39, 0.29) is 11.3 Å². The van der Waals surface area contributed by atoms with Gasteiger partial charge in [0.25, 0.3) is 0 Å². The standard InChI is InChI=1S/C19H18F2O5S/c1-11-4-5-15(10-12(11)2)17(22)13(3)26-18(23)14-6-8-16(9-7-14)27(24,25)19(20)21/h4-10,13,19H,1-3H3/t13-/m0/s1. The van der Waals surface area contributed by atoms with E-state index < -0.39 is 32.6 Å². The van der Waals surface area contributed by atoms with Gasteiger partial charge in [-0.15, -0.1) is 0 Å². The lowest BCUT2D eigenvalue weighted by Crippen LogP contribution is -2.24. The van der Waals surface area contributed by atoms with Crippen LogP contribution in [-0.2, 0) is 14.6 Å². The molecule has 0 aromatic heterocycles. The van der Waals surface area contributed by atoms with Crippen molar-refractivity contribution in [3.05, 3.63) is 64.7 Å². The minimum absolute atomic E-state index is 0.0528. The normalized spacial score (nSPS) is 12.7. The largest absolute Gasteiger partial charge is 0.451 e. The lowest BCUT2D eigenvalue weighted by atomic mass is 10.0. The van der Waals surface area contributed by atoms with E-state index in [0.29, 0.717) is 5.56 Å². The third kappa shape index (κ3) is 4.57. The number of aryl methyl sites for hydroxylation is 2. The second kappa shape index (κ2) is 7.96. The van der Waals surface area contributed by atoms with Crippen LogP contribution < -0.4 is 0 Å². The summed E-state index contributed by atoms with van der Waals surface area (Å²) in [6.07, 6.45) is -1.07. The lowest BCUT2D eigenvalue weighted by molar-refractivity contribution is 0.0318. The molecule has 0 spiro atoms. The zero-order valence-electron chi connectivity index (χ0n) is 14.9. The van der Waals surface area contributed by atoms with Gasteiger partial charge in [0.05, 0.1) is 10.5 Å². The summed E-state index contributed by atoms with van der Waals surface area (Å²) >= 11 is 0. The molecule has 0 saturated heterocycles. The number of halogens is 2. The van der Waals surface area contributed by atoms with Crippen molar-refractivity contribution in [2.45, 2.75) is 37.5 Å². The molecule has 0 aliphatic rings. The van der Waals surface area contributed by atoms with Crippen molar-refractivity contribution in [1.82, 2.24) is 0 Å². The molecule has 0 aliphatic carbocycles. The topological polar surface area (TPSA) is 77.5 Å². The molecule has 27 heavy (non-hydrogen) atoms. The highest BCUT2D eigenvalue weighted by Crippen LogP contribution is 2.19. The molecule has 0 unspecified atom stereocenters. The van der Waals surface area contributed by atoms with Crippen molar-refractivity contribution >= 4 is 21.6 Å². The molecule has 0 radical (unpaired) electrons. The van der Waals surface area contributed by atoms with Crippen LogP contribution in [0.3, 0.4) is 0 Å². The number of ketones is 1. The zero-order chi connectivity index (χ0) is 20.4. The van der Waals surface area contributed by atoms with Gasteiger partial charge in [-0.25, -0.2) is 13.2 Å². The second-order valence-corrected chi connectivity index (χ2v) is 7.96. The Morgan fingerprint density at radius 2 is 1.48 bits per heavy atom. The number of sulfone groups is 1. The first-order valence-corrected chi connectivity index (χ1v) is 9.53. The van der Waals surface area contributed by atoms with Gasteiger partial charge in [0.2, 0.25) is 15.6 Å². The molecule has 2 aromatic rings. The Bertz CT molecular complexity index is 966. The number of esters is 1. The van der Waals surface area contributed by atoms with Crippen molar-refractivity contribution in [2.24, 2.45) is 0 Å². The Labute approximate surface area is 155 Å². The molecule has 144 valence electrons.